The van der Waals surface area contributed by atoms with E-state index in [0.29, 0.717) is 17.2 Å². The van der Waals surface area contributed by atoms with E-state index in [1.807, 2.05) is 25.1 Å². The maximum atomic E-state index is 12.8. The maximum Gasteiger partial charge on any atom is 0.327 e. The second-order valence-electron chi connectivity index (χ2n) is 5.80. The van der Waals surface area contributed by atoms with Gasteiger partial charge >= 0.3 is 5.97 Å². The molecule has 0 bridgehead atoms. The number of carboxylic acid groups (broad SMARTS) is 1. The molecule has 1 aliphatic rings. The van der Waals surface area contributed by atoms with E-state index in [-0.39, 0.29) is 11.3 Å². The van der Waals surface area contributed by atoms with Crippen molar-refractivity contribution in [2.24, 2.45) is 5.92 Å². The highest BCUT2D eigenvalue weighted by molar-refractivity contribution is 8.00. The lowest BCUT2D eigenvalue weighted by molar-refractivity contribution is -0.141. The lowest BCUT2D eigenvalue weighted by Gasteiger charge is -2.29. The molecule has 114 valence electrons. The third-order valence-corrected chi connectivity index (χ3v) is 4.97. The Balaban J connectivity index is 2.32. The van der Waals surface area contributed by atoms with E-state index in [9.17, 15) is 14.7 Å². The van der Waals surface area contributed by atoms with Gasteiger partial charge in [0.2, 0.25) is 0 Å². The van der Waals surface area contributed by atoms with Crippen molar-refractivity contribution < 1.29 is 14.7 Å². The number of benzene rings is 1. The number of aliphatic carboxylic acids is 1. The van der Waals surface area contributed by atoms with Crippen LogP contribution in [0.1, 0.15) is 36.2 Å². The molecule has 1 fully saturated rings. The molecule has 1 heterocycles. The molecule has 0 saturated carbocycles. The predicted octanol–water partition coefficient (Wildman–Crippen LogP) is 3.01. The number of thioether (sulfide) groups is 1. The van der Waals surface area contributed by atoms with Gasteiger partial charge in [-0.1, -0.05) is 32.0 Å². The first kappa shape index (κ1) is 15.9. The molecular formula is C16H21NO3S. The van der Waals surface area contributed by atoms with Crippen molar-refractivity contribution >= 4 is 23.6 Å². The number of amides is 1. The highest BCUT2D eigenvalue weighted by Gasteiger charge is 2.42. The van der Waals surface area contributed by atoms with Gasteiger partial charge in [0.05, 0.1) is 5.37 Å². The van der Waals surface area contributed by atoms with E-state index in [0.717, 1.165) is 12.0 Å². The van der Waals surface area contributed by atoms with Gasteiger partial charge in [0.1, 0.15) is 6.04 Å². The number of hydrogen-bond acceptors (Lipinski definition) is 3. The molecule has 0 radical (unpaired) electrons. The molecule has 2 unspecified atom stereocenters. The molecule has 1 amide bonds. The zero-order valence-corrected chi connectivity index (χ0v) is 13.4. The Morgan fingerprint density at radius 3 is 2.62 bits per heavy atom. The van der Waals surface area contributed by atoms with Crippen molar-refractivity contribution in [1.82, 2.24) is 4.90 Å². The van der Waals surface area contributed by atoms with Gasteiger partial charge in [0.15, 0.2) is 0 Å². The minimum Gasteiger partial charge on any atom is -0.480 e. The Morgan fingerprint density at radius 1 is 1.38 bits per heavy atom. The summed E-state index contributed by atoms with van der Waals surface area (Å²) in [6, 6.07) is 6.61. The smallest absolute Gasteiger partial charge is 0.327 e. The number of carboxylic acids is 1. The standard InChI is InChI=1S/C16H21NO3S/c1-10(2)8-14-17(13(9-21-14)16(19)20)15(18)12-7-5-4-6-11(12)3/h4-7,10,13-14H,8-9H2,1-3H3,(H,19,20). The summed E-state index contributed by atoms with van der Waals surface area (Å²) in [6.45, 7) is 6.06. The third kappa shape index (κ3) is 3.40. The maximum absolute atomic E-state index is 12.8. The third-order valence-electron chi connectivity index (χ3n) is 3.66. The topological polar surface area (TPSA) is 57.6 Å². The fraction of sp³-hybridized carbons (Fsp3) is 0.500. The van der Waals surface area contributed by atoms with Gasteiger partial charge in [-0.15, -0.1) is 11.8 Å². The summed E-state index contributed by atoms with van der Waals surface area (Å²) in [5.74, 6) is -0.210. The van der Waals surface area contributed by atoms with E-state index in [1.165, 1.54) is 0 Å². The average molecular weight is 307 g/mol. The Morgan fingerprint density at radius 2 is 2.05 bits per heavy atom. The Labute approximate surface area is 129 Å². The highest BCUT2D eigenvalue weighted by atomic mass is 32.2. The lowest BCUT2D eigenvalue weighted by Crippen LogP contribution is -2.46. The summed E-state index contributed by atoms with van der Waals surface area (Å²) >= 11 is 1.57. The Hall–Kier alpha value is -1.49. The minimum atomic E-state index is -0.921. The summed E-state index contributed by atoms with van der Waals surface area (Å²) in [6.07, 6.45) is 0.812. The molecule has 2 atom stereocenters. The van der Waals surface area contributed by atoms with Gasteiger partial charge in [0, 0.05) is 11.3 Å². The van der Waals surface area contributed by atoms with E-state index in [4.69, 9.17) is 0 Å². The lowest BCUT2D eigenvalue weighted by atomic mass is 10.0. The first-order valence-electron chi connectivity index (χ1n) is 7.14. The van der Waals surface area contributed by atoms with Gasteiger partial charge < -0.3 is 10.0 Å². The summed E-state index contributed by atoms with van der Waals surface area (Å²) in [7, 11) is 0. The van der Waals surface area contributed by atoms with Gasteiger partial charge in [-0.2, -0.15) is 0 Å². The fourth-order valence-corrected chi connectivity index (χ4v) is 4.19. The number of nitrogens with zero attached hydrogens (tertiary/aromatic N) is 1. The molecule has 2 rings (SSSR count). The molecular weight excluding hydrogens is 286 g/mol. The molecule has 1 aromatic rings. The van der Waals surface area contributed by atoms with Crippen molar-refractivity contribution in [3.63, 3.8) is 0 Å². The largest absolute Gasteiger partial charge is 0.480 e. The molecule has 1 saturated heterocycles. The van der Waals surface area contributed by atoms with Crippen LogP contribution < -0.4 is 0 Å². The number of rotatable bonds is 4. The number of carbonyl (C=O) groups is 2. The zero-order chi connectivity index (χ0) is 15.6. The van der Waals surface area contributed by atoms with Crippen molar-refractivity contribution in [3.05, 3.63) is 35.4 Å². The molecule has 0 spiro atoms. The van der Waals surface area contributed by atoms with Crippen LogP contribution in [0, 0.1) is 12.8 Å². The van der Waals surface area contributed by atoms with Crippen LogP contribution in [0.25, 0.3) is 0 Å². The van der Waals surface area contributed by atoms with Crippen molar-refractivity contribution in [2.75, 3.05) is 5.75 Å². The molecule has 5 heteroatoms. The van der Waals surface area contributed by atoms with Crippen LogP contribution in [0.3, 0.4) is 0 Å². The van der Waals surface area contributed by atoms with Crippen LogP contribution in [-0.4, -0.2) is 39.1 Å². The van der Waals surface area contributed by atoms with Crippen LogP contribution in [0.4, 0.5) is 0 Å². The molecule has 1 N–H and O–H groups in total. The molecule has 0 aliphatic carbocycles. The normalized spacial score (nSPS) is 21.8. The zero-order valence-electron chi connectivity index (χ0n) is 12.6. The van der Waals surface area contributed by atoms with E-state index in [1.54, 1.807) is 22.7 Å². The molecule has 0 aromatic heterocycles. The average Bonchev–Trinajstić information content (AvgIpc) is 2.81. The molecule has 1 aromatic carbocycles. The fourth-order valence-electron chi connectivity index (χ4n) is 2.56. The summed E-state index contributed by atoms with van der Waals surface area (Å²) < 4.78 is 0. The first-order valence-corrected chi connectivity index (χ1v) is 8.19. The monoisotopic (exact) mass is 307 g/mol. The second-order valence-corrected chi connectivity index (χ2v) is 7.01. The van der Waals surface area contributed by atoms with E-state index in [2.05, 4.69) is 13.8 Å². The minimum absolute atomic E-state index is 0.0572. The van der Waals surface area contributed by atoms with Crippen molar-refractivity contribution in [3.8, 4) is 0 Å². The van der Waals surface area contributed by atoms with Crippen molar-refractivity contribution in [2.45, 2.75) is 38.6 Å². The Kier molecular flexibility index (Phi) is 4.93. The molecule has 4 nitrogen and oxygen atoms in total. The van der Waals surface area contributed by atoms with Gasteiger partial charge in [-0.25, -0.2) is 4.79 Å². The predicted molar refractivity (Wildman–Crippen MR) is 84.5 cm³/mol. The van der Waals surface area contributed by atoms with E-state index >= 15 is 0 Å². The summed E-state index contributed by atoms with van der Waals surface area (Å²) in [5.41, 5.74) is 1.48. The summed E-state index contributed by atoms with van der Waals surface area (Å²) in [4.78, 5) is 25.8. The van der Waals surface area contributed by atoms with Crippen molar-refractivity contribution in [1.29, 1.82) is 0 Å². The van der Waals surface area contributed by atoms with E-state index < -0.39 is 12.0 Å². The van der Waals surface area contributed by atoms with Crippen LogP contribution >= 0.6 is 11.8 Å². The van der Waals surface area contributed by atoms with Crippen LogP contribution in [0.2, 0.25) is 0 Å². The van der Waals surface area contributed by atoms with Gasteiger partial charge in [-0.05, 0) is 30.9 Å². The molecule has 21 heavy (non-hydrogen) atoms. The number of hydrogen-bond donors (Lipinski definition) is 1. The van der Waals surface area contributed by atoms with Crippen LogP contribution in [-0.2, 0) is 4.79 Å². The number of aryl methyl sites for hydroxylation is 1. The number of carbonyl (C=O) groups excluding carboxylic acids is 1. The SMILES string of the molecule is Cc1ccccc1C(=O)N1C(CC(C)C)SCC1C(=O)O. The van der Waals surface area contributed by atoms with Gasteiger partial charge in [0.25, 0.3) is 5.91 Å². The first-order chi connectivity index (χ1) is 9.91. The van der Waals surface area contributed by atoms with Crippen LogP contribution in [0.5, 0.6) is 0 Å². The second kappa shape index (κ2) is 6.52. The Bertz CT molecular complexity index is 544. The molecule has 1 aliphatic heterocycles. The summed E-state index contributed by atoms with van der Waals surface area (Å²) in [5, 5.41) is 9.34. The highest BCUT2D eigenvalue weighted by Crippen LogP contribution is 2.35. The van der Waals surface area contributed by atoms with Crippen LogP contribution in [0.15, 0.2) is 24.3 Å². The van der Waals surface area contributed by atoms with Gasteiger partial charge in [-0.3, -0.25) is 4.79 Å². The quantitative estimate of drug-likeness (QED) is 0.929.